The van der Waals surface area contributed by atoms with Crippen LogP contribution in [0.1, 0.15) is 19.2 Å². The quantitative estimate of drug-likeness (QED) is 0.875. The summed E-state index contributed by atoms with van der Waals surface area (Å²) >= 11 is 9.47. The molecule has 6 heteroatoms. The normalized spacial score (nSPS) is 10.7. The third-order valence-electron chi connectivity index (χ3n) is 2.17. The molecule has 16 heavy (non-hydrogen) atoms. The zero-order valence-corrected chi connectivity index (χ0v) is 11.0. The van der Waals surface area contributed by atoms with Crippen molar-refractivity contribution in [1.82, 2.24) is 20.2 Å². The number of benzene rings is 1. The highest BCUT2D eigenvalue weighted by molar-refractivity contribution is 9.10. The topological polar surface area (TPSA) is 43.6 Å². The van der Waals surface area contributed by atoms with Crippen LogP contribution < -0.4 is 0 Å². The predicted molar refractivity (Wildman–Crippen MR) is 65.9 cm³/mol. The average molecular weight is 302 g/mol. The lowest BCUT2D eigenvalue weighted by Gasteiger charge is -2.06. The van der Waals surface area contributed by atoms with Crippen molar-refractivity contribution in [2.45, 2.75) is 19.8 Å². The monoisotopic (exact) mass is 300 g/mol. The highest BCUT2D eigenvalue weighted by atomic mass is 79.9. The van der Waals surface area contributed by atoms with Gasteiger partial charge in [0, 0.05) is 6.42 Å². The second kappa shape index (κ2) is 4.93. The van der Waals surface area contributed by atoms with Crippen LogP contribution in [-0.2, 0) is 6.42 Å². The molecule has 2 aromatic rings. The molecule has 1 heterocycles. The minimum Gasteiger partial charge on any atom is -0.196 e. The molecule has 1 aromatic carbocycles. The van der Waals surface area contributed by atoms with Gasteiger partial charge in [-0.1, -0.05) is 24.6 Å². The zero-order valence-electron chi connectivity index (χ0n) is 8.69. The molecule has 84 valence electrons. The van der Waals surface area contributed by atoms with Crippen LogP contribution in [0, 0.1) is 0 Å². The Morgan fingerprint density at radius 2 is 2.25 bits per heavy atom. The summed E-state index contributed by atoms with van der Waals surface area (Å²) in [5, 5.41) is 12.3. The number of hydrogen-bond donors (Lipinski definition) is 0. The highest BCUT2D eigenvalue weighted by Gasteiger charge is 2.11. The van der Waals surface area contributed by atoms with E-state index in [-0.39, 0.29) is 0 Å². The van der Waals surface area contributed by atoms with E-state index in [1.54, 1.807) is 4.68 Å². The maximum absolute atomic E-state index is 6.03. The van der Waals surface area contributed by atoms with Gasteiger partial charge in [0.2, 0.25) is 0 Å². The molecule has 0 radical (unpaired) electrons. The van der Waals surface area contributed by atoms with Crippen molar-refractivity contribution in [1.29, 1.82) is 0 Å². The minimum absolute atomic E-state index is 0.649. The minimum atomic E-state index is 0.649. The Kier molecular flexibility index (Phi) is 3.56. The van der Waals surface area contributed by atoms with Gasteiger partial charge in [-0.2, -0.15) is 4.68 Å². The van der Waals surface area contributed by atoms with Gasteiger partial charge in [-0.25, -0.2) is 0 Å². The van der Waals surface area contributed by atoms with Gasteiger partial charge in [0.25, 0.3) is 0 Å². The molecule has 0 aliphatic carbocycles. The average Bonchev–Trinajstić information content (AvgIpc) is 2.71. The Balaban J connectivity index is 2.50. The molecule has 0 aliphatic rings. The fraction of sp³-hybridized carbons (Fsp3) is 0.300. The van der Waals surface area contributed by atoms with Crippen LogP contribution in [0.4, 0.5) is 0 Å². The Labute approximate surface area is 107 Å². The van der Waals surface area contributed by atoms with Crippen molar-refractivity contribution in [3.8, 4) is 5.69 Å². The molecule has 1 aromatic heterocycles. The summed E-state index contributed by atoms with van der Waals surface area (Å²) < 4.78 is 2.51. The molecule has 0 unspecified atom stereocenters. The molecule has 0 bridgehead atoms. The van der Waals surface area contributed by atoms with E-state index in [0.717, 1.165) is 28.8 Å². The van der Waals surface area contributed by atoms with Crippen LogP contribution in [0.15, 0.2) is 22.7 Å². The van der Waals surface area contributed by atoms with E-state index >= 15 is 0 Å². The highest BCUT2D eigenvalue weighted by Crippen LogP contribution is 2.28. The molecule has 0 saturated heterocycles. The Morgan fingerprint density at radius 3 is 3.00 bits per heavy atom. The third-order valence-corrected chi connectivity index (χ3v) is 3.54. The second-order valence-electron chi connectivity index (χ2n) is 3.33. The smallest absolute Gasteiger partial charge is 0.156 e. The first-order valence-electron chi connectivity index (χ1n) is 4.95. The van der Waals surface area contributed by atoms with E-state index in [9.17, 15) is 0 Å². The van der Waals surface area contributed by atoms with Gasteiger partial charge >= 0.3 is 0 Å². The summed E-state index contributed by atoms with van der Waals surface area (Å²) in [6.07, 6.45) is 1.84. The van der Waals surface area contributed by atoms with Crippen molar-refractivity contribution < 1.29 is 0 Å². The SMILES string of the molecule is CCCc1nnnn1-c1cccc(Cl)c1Br. The molecule has 0 spiro atoms. The lowest BCUT2D eigenvalue weighted by atomic mass is 10.3. The molecule has 0 amide bonds. The van der Waals surface area contributed by atoms with Crippen LogP contribution in [0.5, 0.6) is 0 Å². The van der Waals surface area contributed by atoms with Gasteiger partial charge in [0.1, 0.15) is 0 Å². The summed E-state index contributed by atoms with van der Waals surface area (Å²) in [5.74, 6) is 0.838. The van der Waals surface area contributed by atoms with Crippen LogP contribution >= 0.6 is 27.5 Å². The summed E-state index contributed by atoms with van der Waals surface area (Å²) in [6.45, 7) is 2.09. The first kappa shape index (κ1) is 11.5. The number of rotatable bonds is 3. The van der Waals surface area contributed by atoms with Gasteiger partial charge in [-0.05, 0) is 44.9 Å². The number of aromatic nitrogens is 4. The number of aryl methyl sites for hydroxylation is 1. The molecule has 0 saturated carbocycles. The second-order valence-corrected chi connectivity index (χ2v) is 4.53. The molecule has 0 N–H and O–H groups in total. The Morgan fingerprint density at radius 1 is 1.44 bits per heavy atom. The molecular formula is C10H10BrClN4. The summed E-state index contributed by atoms with van der Waals surface area (Å²) in [4.78, 5) is 0. The van der Waals surface area contributed by atoms with E-state index in [1.165, 1.54) is 0 Å². The molecule has 0 aliphatic heterocycles. The van der Waals surface area contributed by atoms with Crippen molar-refractivity contribution >= 4 is 27.5 Å². The zero-order chi connectivity index (χ0) is 11.5. The van der Waals surface area contributed by atoms with Gasteiger partial charge in [0.05, 0.1) is 15.2 Å². The first-order valence-corrected chi connectivity index (χ1v) is 6.12. The van der Waals surface area contributed by atoms with Crippen molar-refractivity contribution in [3.63, 3.8) is 0 Å². The largest absolute Gasteiger partial charge is 0.196 e. The van der Waals surface area contributed by atoms with E-state index in [2.05, 4.69) is 38.4 Å². The van der Waals surface area contributed by atoms with Crippen molar-refractivity contribution in [3.05, 3.63) is 33.5 Å². The lowest BCUT2D eigenvalue weighted by Crippen LogP contribution is -2.03. The lowest BCUT2D eigenvalue weighted by molar-refractivity contribution is 0.743. The number of tetrazole rings is 1. The van der Waals surface area contributed by atoms with Crippen LogP contribution in [0.3, 0.4) is 0 Å². The van der Waals surface area contributed by atoms with Gasteiger partial charge in [-0.3, -0.25) is 0 Å². The number of halogens is 2. The standard InChI is InChI=1S/C10H10BrClN4/c1-2-4-9-13-14-15-16(9)8-6-3-5-7(12)10(8)11/h3,5-6H,2,4H2,1H3. The molecule has 0 fully saturated rings. The molecule has 0 atom stereocenters. The fourth-order valence-electron chi connectivity index (χ4n) is 1.43. The first-order chi connectivity index (χ1) is 7.74. The molecular weight excluding hydrogens is 291 g/mol. The summed E-state index contributed by atoms with van der Waals surface area (Å²) in [7, 11) is 0. The van der Waals surface area contributed by atoms with Crippen LogP contribution in [-0.4, -0.2) is 20.2 Å². The summed E-state index contributed by atoms with van der Waals surface area (Å²) in [5.41, 5.74) is 0.862. The maximum atomic E-state index is 6.03. The van der Waals surface area contributed by atoms with E-state index in [4.69, 9.17) is 11.6 Å². The fourth-order valence-corrected chi connectivity index (χ4v) is 2.03. The van der Waals surface area contributed by atoms with Crippen molar-refractivity contribution in [2.24, 2.45) is 0 Å². The molecule has 4 nitrogen and oxygen atoms in total. The van der Waals surface area contributed by atoms with Crippen LogP contribution in [0.2, 0.25) is 5.02 Å². The number of hydrogen-bond acceptors (Lipinski definition) is 3. The van der Waals surface area contributed by atoms with Gasteiger partial charge in [-0.15, -0.1) is 5.10 Å². The van der Waals surface area contributed by atoms with E-state index < -0.39 is 0 Å². The van der Waals surface area contributed by atoms with Crippen molar-refractivity contribution in [2.75, 3.05) is 0 Å². The Bertz CT molecular complexity index is 497. The molecule has 2 rings (SSSR count). The van der Waals surface area contributed by atoms with E-state index in [1.807, 2.05) is 18.2 Å². The van der Waals surface area contributed by atoms with Gasteiger partial charge in [0.15, 0.2) is 5.82 Å². The third kappa shape index (κ3) is 2.10. The summed E-state index contributed by atoms with van der Waals surface area (Å²) in [6, 6.07) is 5.62. The van der Waals surface area contributed by atoms with E-state index in [0.29, 0.717) is 5.02 Å². The maximum Gasteiger partial charge on any atom is 0.156 e. The van der Waals surface area contributed by atoms with Crippen LogP contribution in [0.25, 0.3) is 5.69 Å². The Hall–Kier alpha value is -0.940. The van der Waals surface area contributed by atoms with Gasteiger partial charge < -0.3 is 0 Å². The number of nitrogens with zero attached hydrogens (tertiary/aromatic N) is 4. The predicted octanol–water partition coefficient (Wildman–Crippen LogP) is 3.03.